The third-order valence-corrected chi connectivity index (χ3v) is 23.0. The fourth-order valence-electron chi connectivity index (χ4n) is 17.3. The van der Waals surface area contributed by atoms with Crippen LogP contribution in [0.3, 0.4) is 0 Å². The summed E-state index contributed by atoms with van der Waals surface area (Å²) in [4.78, 5) is 6.38. The van der Waals surface area contributed by atoms with Crippen LogP contribution in [0.2, 0.25) is 0 Å². The van der Waals surface area contributed by atoms with E-state index in [1.165, 1.54) is 11.1 Å². The number of nitrogens with zero attached hydrogens (tertiary/aromatic N) is 5. The van der Waals surface area contributed by atoms with Crippen LogP contribution in [0.1, 0.15) is 98.2 Å². The van der Waals surface area contributed by atoms with E-state index in [0.29, 0.717) is 44.9 Å². The molecule has 4 heterocycles. The van der Waals surface area contributed by atoms with Crippen LogP contribution in [0.5, 0.6) is 0 Å². The summed E-state index contributed by atoms with van der Waals surface area (Å²) < 4.78 is 136. The molecule has 18 aromatic rings. The van der Waals surface area contributed by atoms with Crippen LogP contribution in [0.25, 0.3) is 111 Å². The Hall–Kier alpha value is -13.4. The molecule has 548 valence electrons. The highest BCUT2D eigenvalue weighted by atomic mass is 15.2. The third kappa shape index (κ3) is 11.9. The van der Waals surface area contributed by atoms with Crippen molar-refractivity contribution in [3.63, 3.8) is 0 Å². The smallest absolute Gasteiger partial charge is 0.252 e. The zero-order chi connectivity index (χ0) is 89.5. The average molecular weight is 1480 g/mol. The van der Waals surface area contributed by atoms with E-state index in [4.69, 9.17) is 5.48 Å². The van der Waals surface area contributed by atoms with Gasteiger partial charge < -0.3 is 23.8 Å². The number of rotatable bonds is 12. The highest BCUT2D eigenvalue weighted by molar-refractivity contribution is 7.00. The Morgan fingerprint density at radius 2 is 0.728 bits per heavy atom. The first-order chi connectivity index (χ1) is 61.2. The minimum Gasteiger partial charge on any atom is -0.311 e. The molecule has 0 N–H and O–H groups in total. The second-order valence-electron chi connectivity index (χ2n) is 33.1. The van der Waals surface area contributed by atoms with Gasteiger partial charge in [0.15, 0.2) is 0 Å². The first kappa shape index (κ1) is 55.9. The van der Waals surface area contributed by atoms with Crippen LogP contribution >= 0.6 is 0 Å². The molecule has 2 aliphatic heterocycles. The van der Waals surface area contributed by atoms with Gasteiger partial charge in [0.1, 0.15) is 0 Å². The minimum atomic E-state index is -0.694. The third-order valence-electron chi connectivity index (χ3n) is 23.0. The van der Waals surface area contributed by atoms with E-state index in [2.05, 4.69) is 247 Å². The Bertz CT molecular complexity index is 7440. The molecule has 6 heteroatoms. The maximum absolute atomic E-state index is 10.3. The first-order valence-corrected chi connectivity index (χ1v) is 39.0. The maximum atomic E-state index is 10.3. The standard InChI is InChI=1S/C108H88BN5/c1-106(2,3)79-50-56-97-91(63-79)92-64-80(107(4,5)6)51-57-98(92)112(97)87-69-102-104-103(70-87)114(105-89(74-39-23-13-24-40-74)65-81(108(7,8)9)66-90(105)75-41-25-14-26-42-75)101-68-85(111-96-48-32-31-47-88(96)93-67-84(53-58-99(93)111)110(82-43-27-15-28-44-82)83-45-29-16-30-46-83)52-55-95(101)109(104)94-54-49-76(71-33-17-10-18-34-71)62-100(94)113(102)86-60-77(72-35-19-11-20-36-72)59-78(61-86)73-37-21-12-22-38-73/h10-70H,1-9H3/i10D,15D,17D,18D,27D,28D,31D,32D,33D,34D,43D,44D,47D,48D. The summed E-state index contributed by atoms with van der Waals surface area (Å²) in [5.41, 5.74) is 22.1. The molecule has 2 aromatic heterocycles. The molecule has 0 saturated carbocycles. The van der Waals surface area contributed by atoms with Crippen molar-refractivity contribution in [2.24, 2.45) is 0 Å². The number of hydrogen-bond acceptors (Lipinski definition) is 3. The molecule has 0 unspecified atom stereocenters. The Balaban J connectivity index is 0.981. The molecule has 20 rings (SSSR count). The molecule has 0 spiro atoms. The monoisotopic (exact) mass is 1480 g/mol. The summed E-state index contributed by atoms with van der Waals surface area (Å²) >= 11 is 0. The van der Waals surface area contributed by atoms with Crippen LogP contribution in [-0.4, -0.2) is 15.8 Å². The summed E-state index contributed by atoms with van der Waals surface area (Å²) in [6.45, 7) is 19.5. The number of anilines is 9. The molecule has 5 nitrogen and oxygen atoms in total. The number of fused-ring (bicyclic) bond motifs is 10. The molecule has 114 heavy (non-hydrogen) atoms. The van der Waals surface area contributed by atoms with Gasteiger partial charge in [-0.2, -0.15) is 0 Å². The normalized spacial score (nSPS) is 14.4. The Labute approximate surface area is 689 Å². The summed E-state index contributed by atoms with van der Waals surface area (Å²) in [5.74, 6) is 0. The molecule has 0 atom stereocenters. The van der Waals surface area contributed by atoms with Crippen molar-refractivity contribution in [3.8, 4) is 67.0 Å². The summed E-state index contributed by atoms with van der Waals surface area (Å²) in [6, 6.07) is 92.0. The van der Waals surface area contributed by atoms with Gasteiger partial charge in [-0.15, -0.1) is 0 Å². The fraction of sp³-hybridized carbons (Fsp3) is 0.111. The van der Waals surface area contributed by atoms with Crippen LogP contribution in [0.4, 0.5) is 51.2 Å². The van der Waals surface area contributed by atoms with Crippen LogP contribution in [0.15, 0.2) is 370 Å². The average Bonchev–Trinajstić information content (AvgIpc) is 1.36. The maximum Gasteiger partial charge on any atom is 0.252 e. The quantitative estimate of drug-likeness (QED) is 0.114. The largest absolute Gasteiger partial charge is 0.311 e. The van der Waals surface area contributed by atoms with Gasteiger partial charge in [-0.1, -0.05) is 299 Å². The SMILES string of the molecule is [2H]c1c([2H])c([2H])c(-c2ccc3c(c2)N(c2cc(-c4ccccc4)cc(-c4ccccc4)c2)c2cc(-n4c5ccc(C(C)(C)C)cc5c5cc(C(C)(C)C)ccc54)cc4c2B3c2ccc(-n3c5ccc(N(c6ccccc6)c6c([2H])c([2H])c([2H])c([2H])c6[2H])cc5c5c([2H])c([2H])c([2H])c([2H])c53)cc2N4c2c(-c3ccccc3)cc(C(C)(C)C)cc2-c2ccccc2)c([2H])c1[2H]. The van der Waals surface area contributed by atoms with E-state index < -0.39 is 72.6 Å². The van der Waals surface area contributed by atoms with Gasteiger partial charge >= 0.3 is 0 Å². The van der Waals surface area contributed by atoms with E-state index in [-0.39, 0.29) is 57.2 Å². The Kier molecular flexibility index (Phi) is 13.3. The van der Waals surface area contributed by atoms with Gasteiger partial charge in [-0.05, 0) is 227 Å². The first-order valence-electron chi connectivity index (χ1n) is 46.0. The van der Waals surface area contributed by atoms with E-state index in [9.17, 15) is 13.7 Å². The van der Waals surface area contributed by atoms with Crippen molar-refractivity contribution in [1.29, 1.82) is 0 Å². The van der Waals surface area contributed by atoms with Crippen molar-refractivity contribution in [2.45, 2.75) is 78.6 Å². The lowest BCUT2D eigenvalue weighted by molar-refractivity contribution is 0.590. The zero-order valence-electron chi connectivity index (χ0n) is 78.9. The second-order valence-corrected chi connectivity index (χ2v) is 33.1. The molecular weight excluding hydrogens is 1380 g/mol. The van der Waals surface area contributed by atoms with Crippen LogP contribution in [0, 0.1) is 0 Å². The number of benzene rings is 16. The molecule has 16 aromatic carbocycles. The van der Waals surface area contributed by atoms with Crippen molar-refractivity contribution in [1.82, 2.24) is 9.13 Å². The Morgan fingerprint density at radius 3 is 1.28 bits per heavy atom. The molecule has 2 aliphatic rings. The molecule has 0 fully saturated rings. The van der Waals surface area contributed by atoms with E-state index in [0.717, 1.165) is 117 Å². The van der Waals surface area contributed by atoms with E-state index in [1.807, 2.05) is 83.4 Å². The van der Waals surface area contributed by atoms with Gasteiger partial charge in [0.05, 0.1) is 52.6 Å². The van der Waals surface area contributed by atoms with Gasteiger partial charge in [-0.3, -0.25) is 0 Å². The fourth-order valence-corrected chi connectivity index (χ4v) is 17.3. The molecule has 0 bridgehead atoms. The topological polar surface area (TPSA) is 19.6 Å². The van der Waals surface area contributed by atoms with Crippen LogP contribution in [-0.2, 0) is 16.2 Å². The molecule has 0 radical (unpaired) electrons. The van der Waals surface area contributed by atoms with Crippen molar-refractivity contribution in [3.05, 3.63) is 386 Å². The zero-order valence-corrected chi connectivity index (χ0v) is 64.9. The van der Waals surface area contributed by atoms with Crippen molar-refractivity contribution < 1.29 is 19.2 Å². The van der Waals surface area contributed by atoms with Crippen molar-refractivity contribution in [2.75, 3.05) is 14.7 Å². The number of hydrogen-bond donors (Lipinski definition) is 0. The lowest BCUT2D eigenvalue weighted by atomic mass is 9.33. The lowest BCUT2D eigenvalue weighted by Gasteiger charge is -2.45. The highest BCUT2D eigenvalue weighted by Gasteiger charge is 2.46. The second kappa shape index (κ2) is 27.2. The van der Waals surface area contributed by atoms with Gasteiger partial charge in [-0.25, -0.2) is 0 Å². The van der Waals surface area contributed by atoms with E-state index >= 15 is 0 Å². The predicted molar refractivity (Wildman–Crippen MR) is 487 cm³/mol. The van der Waals surface area contributed by atoms with Crippen LogP contribution < -0.4 is 31.1 Å². The lowest BCUT2D eigenvalue weighted by Crippen LogP contribution is -2.61. The molecule has 0 aliphatic carbocycles. The highest BCUT2D eigenvalue weighted by Crippen LogP contribution is 2.54. The summed E-state index contributed by atoms with van der Waals surface area (Å²) in [6.07, 6.45) is 0. The summed E-state index contributed by atoms with van der Waals surface area (Å²) in [7, 11) is 0. The summed E-state index contributed by atoms with van der Waals surface area (Å²) in [5, 5.41) is 2.71. The predicted octanol–water partition coefficient (Wildman–Crippen LogP) is 27.7. The Morgan fingerprint density at radius 1 is 0.272 bits per heavy atom. The molecular formula is C108H88BN5. The molecule has 0 amide bonds. The van der Waals surface area contributed by atoms with Crippen molar-refractivity contribution >= 4 is 118 Å². The number of aromatic nitrogens is 2. The number of para-hydroxylation sites is 3. The minimum absolute atomic E-state index is 0.0371. The van der Waals surface area contributed by atoms with E-state index in [1.54, 1.807) is 41.3 Å². The van der Waals surface area contributed by atoms with Gasteiger partial charge in [0, 0.05) is 83.9 Å². The van der Waals surface area contributed by atoms with Gasteiger partial charge in [0.25, 0.3) is 6.71 Å². The van der Waals surface area contributed by atoms with Gasteiger partial charge in [0.2, 0.25) is 0 Å². The molecule has 0 saturated heterocycles.